The van der Waals surface area contributed by atoms with Crippen molar-refractivity contribution < 1.29 is 32.6 Å². The molecule has 0 fully saturated rings. The van der Waals surface area contributed by atoms with Gasteiger partial charge < -0.3 is 15.2 Å². The van der Waals surface area contributed by atoms with Crippen molar-refractivity contribution in [3.63, 3.8) is 0 Å². The van der Waals surface area contributed by atoms with Crippen molar-refractivity contribution in [2.45, 2.75) is 46.4 Å². The molecule has 1 aromatic heterocycles. The molecule has 0 aliphatic heterocycles. The van der Waals surface area contributed by atoms with Crippen molar-refractivity contribution in [3.05, 3.63) is 75.5 Å². The van der Waals surface area contributed by atoms with Gasteiger partial charge in [0, 0.05) is 16.8 Å². The number of alkyl halides is 3. The Morgan fingerprint density at radius 2 is 1.69 bits per heavy atom. The smallest absolute Gasteiger partial charge is 0.416 e. The molecule has 9 heteroatoms. The van der Waals surface area contributed by atoms with Crippen LogP contribution in [0.15, 0.2) is 54.6 Å². The van der Waals surface area contributed by atoms with Crippen molar-refractivity contribution in [2.75, 3.05) is 6.54 Å². The Morgan fingerprint density at radius 3 is 2.25 bits per heavy atom. The SMILES string of the molecule is Cc1cc(O[C@H](c2ccc(C(=O)NCCC(=O)O)s2)C(C)(C)C)ccc1-c1ccc(C(F)(F)F)cc1. The molecule has 2 N–H and O–H groups in total. The maximum atomic E-state index is 12.9. The molecule has 1 atom stereocenters. The lowest BCUT2D eigenvalue weighted by atomic mass is 9.88. The zero-order valence-corrected chi connectivity index (χ0v) is 21.2. The molecule has 1 heterocycles. The van der Waals surface area contributed by atoms with Crippen LogP contribution in [0.1, 0.15) is 59.0 Å². The number of benzene rings is 2. The lowest BCUT2D eigenvalue weighted by molar-refractivity contribution is -0.138. The van der Waals surface area contributed by atoms with Crippen LogP contribution in [-0.2, 0) is 11.0 Å². The number of hydrogen-bond donors (Lipinski definition) is 2. The summed E-state index contributed by atoms with van der Waals surface area (Å²) in [6, 6.07) is 14.0. The van der Waals surface area contributed by atoms with Crippen LogP contribution < -0.4 is 10.1 Å². The van der Waals surface area contributed by atoms with E-state index in [9.17, 15) is 22.8 Å². The van der Waals surface area contributed by atoms with Gasteiger partial charge in [-0.15, -0.1) is 11.3 Å². The Bertz CT molecular complexity index is 1230. The van der Waals surface area contributed by atoms with Gasteiger partial charge in [0.25, 0.3) is 5.91 Å². The molecule has 0 aliphatic rings. The highest BCUT2D eigenvalue weighted by molar-refractivity contribution is 7.14. The molecule has 3 rings (SSSR count). The molecule has 36 heavy (non-hydrogen) atoms. The average molecular weight is 520 g/mol. The summed E-state index contributed by atoms with van der Waals surface area (Å²) in [4.78, 5) is 24.3. The van der Waals surface area contributed by atoms with E-state index in [1.54, 1.807) is 12.1 Å². The molecule has 5 nitrogen and oxygen atoms in total. The number of carbonyl (C=O) groups excluding carboxylic acids is 1. The predicted molar refractivity (Wildman–Crippen MR) is 133 cm³/mol. The Kier molecular flexibility index (Phi) is 8.13. The second kappa shape index (κ2) is 10.7. The van der Waals surface area contributed by atoms with Crippen molar-refractivity contribution in [2.24, 2.45) is 5.41 Å². The van der Waals surface area contributed by atoms with Crippen LogP contribution in [0.4, 0.5) is 13.2 Å². The summed E-state index contributed by atoms with van der Waals surface area (Å²) < 4.78 is 45.0. The van der Waals surface area contributed by atoms with Crippen molar-refractivity contribution in [1.82, 2.24) is 5.32 Å². The third-order valence-electron chi connectivity index (χ3n) is 5.50. The van der Waals surface area contributed by atoms with Crippen molar-refractivity contribution in [1.29, 1.82) is 0 Å². The van der Waals surface area contributed by atoms with E-state index in [0.717, 1.165) is 28.1 Å². The first-order valence-electron chi connectivity index (χ1n) is 11.3. The fraction of sp³-hybridized carbons (Fsp3) is 0.333. The van der Waals surface area contributed by atoms with E-state index in [-0.39, 0.29) is 30.4 Å². The minimum atomic E-state index is -4.38. The van der Waals surface area contributed by atoms with Gasteiger partial charge in [-0.1, -0.05) is 39.0 Å². The fourth-order valence-electron chi connectivity index (χ4n) is 3.66. The lowest BCUT2D eigenvalue weighted by Crippen LogP contribution is -2.25. The number of halogens is 3. The van der Waals surface area contributed by atoms with E-state index < -0.39 is 17.7 Å². The first kappa shape index (κ1) is 27.3. The number of carbonyl (C=O) groups is 2. The van der Waals surface area contributed by atoms with Gasteiger partial charge in [-0.25, -0.2) is 0 Å². The Hall–Kier alpha value is -3.33. The Labute approximate surface area is 211 Å². The number of amides is 1. The molecule has 0 spiro atoms. The predicted octanol–water partition coefficient (Wildman–Crippen LogP) is 7.11. The van der Waals surface area contributed by atoms with Crippen LogP contribution in [-0.4, -0.2) is 23.5 Å². The van der Waals surface area contributed by atoms with E-state index in [0.29, 0.717) is 16.2 Å². The number of nitrogens with one attached hydrogen (secondary N) is 1. The summed E-state index contributed by atoms with van der Waals surface area (Å²) in [5.41, 5.74) is 1.32. The highest BCUT2D eigenvalue weighted by Crippen LogP contribution is 2.41. The maximum Gasteiger partial charge on any atom is 0.416 e. The Balaban J connectivity index is 1.79. The average Bonchev–Trinajstić information content (AvgIpc) is 3.26. The third-order valence-corrected chi connectivity index (χ3v) is 6.62. The molecule has 2 aromatic carbocycles. The van der Waals surface area contributed by atoms with Crippen LogP contribution in [0.5, 0.6) is 5.75 Å². The maximum absolute atomic E-state index is 12.9. The first-order valence-corrected chi connectivity index (χ1v) is 12.1. The molecule has 0 saturated carbocycles. The molecule has 0 radical (unpaired) electrons. The summed E-state index contributed by atoms with van der Waals surface area (Å²) in [6.07, 6.45) is -4.91. The lowest BCUT2D eigenvalue weighted by Gasteiger charge is -2.30. The van der Waals surface area contributed by atoms with Gasteiger partial charge in [0.05, 0.1) is 16.9 Å². The standard InChI is InChI=1S/C27H28F3NO4S/c1-16-15-19(9-10-20(16)17-5-7-18(8-6-17)27(28,29)30)35-24(26(2,3)4)21-11-12-22(36-21)25(34)31-14-13-23(32)33/h5-12,15,24H,13-14H2,1-4H3,(H,31,34)(H,32,33)/t24-/m1/s1. The van der Waals surface area contributed by atoms with E-state index in [1.165, 1.54) is 23.5 Å². The van der Waals surface area contributed by atoms with Gasteiger partial charge in [0.2, 0.25) is 0 Å². The minimum absolute atomic E-state index is 0.0468. The van der Waals surface area contributed by atoms with E-state index in [2.05, 4.69) is 5.32 Å². The molecule has 0 aliphatic carbocycles. The van der Waals surface area contributed by atoms with E-state index in [4.69, 9.17) is 9.84 Å². The summed E-state index contributed by atoms with van der Waals surface area (Å²) in [6.45, 7) is 7.98. The van der Waals surface area contributed by atoms with Crippen LogP contribution in [0.25, 0.3) is 11.1 Å². The zero-order chi connectivity index (χ0) is 26.7. The van der Waals surface area contributed by atoms with Crippen LogP contribution in [0.3, 0.4) is 0 Å². The Morgan fingerprint density at radius 1 is 1.03 bits per heavy atom. The number of carboxylic acids is 1. The van der Waals surface area contributed by atoms with Crippen molar-refractivity contribution >= 4 is 23.2 Å². The number of thiophene rings is 1. The molecule has 0 unspecified atom stereocenters. The summed E-state index contributed by atoms with van der Waals surface area (Å²) in [5, 5.41) is 11.3. The fourth-order valence-corrected chi connectivity index (χ4v) is 4.86. The molecule has 3 aromatic rings. The summed E-state index contributed by atoms with van der Waals surface area (Å²) in [5.74, 6) is -0.719. The highest BCUT2D eigenvalue weighted by atomic mass is 32.1. The second-order valence-corrected chi connectivity index (χ2v) is 10.6. The second-order valence-electron chi connectivity index (χ2n) is 9.52. The summed E-state index contributed by atoms with van der Waals surface area (Å²) in [7, 11) is 0. The molecular formula is C27H28F3NO4S. The normalized spacial score (nSPS) is 12.8. The largest absolute Gasteiger partial charge is 0.484 e. The monoisotopic (exact) mass is 519 g/mol. The number of aliphatic carboxylic acids is 1. The zero-order valence-electron chi connectivity index (χ0n) is 20.4. The van der Waals surface area contributed by atoms with Crippen molar-refractivity contribution in [3.8, 4) is 16.9 Å². The minimum Gasteiger partial charge on any atom is -0.484 e. The first-order chi connectivity index (χ1) is 16.8. The molecule has 0 bridgehead atoms. The number of carboxylic acid groups (broad SMARTS) is 1. The van der Waals surface area contributed by atoms with Crippen LogP contribution in [0, 0.1) is 12.3 Å². The van der Waals surface area contributed by atoms with Gasteiger partial charge in [-0.3, -0.25) is 9.59 Å². The third kappa shape index (κ3) is 6.87. The molecule has 192 valence electrons. The number of rotatable bonds is 8. The van der Waals surface area contributed by atoms with Gasteiger partial charge >= 0.3 is 12.1 Å². The van der Waals surface area contributed by atoms with Gasteiger partial charge in [-0.05, 0) is 60.0 Å². The molecular weight excluding hydrogens is 491 g/mol. The van der Waals surface area contributed by atoms with E-state index >= 15 is 0 Å². The topological polar surface area (TPSA) is 75.6 Å². The number of ether oxygens (including phenoxy) is 1. The molecule has 0 saturated heterocycles. The van der Waals surface area contributed by atoms with Crippen LogP contribution in [0.2, 0.25) is 0 Å². The molecule has 1 amide bonds. The quantitative estimate of drug-likeness (QED) is 0.332. The van der Waals surface area contributed by atoms with Gasteiger partial charge in [0.1, 0.15) is 11.9 Å². The van der Waals surface area contributed by atoms with Crippen LogP contribution >= 0.6 is 11.3 Å². The van der Waals surface area contributed by atoms with E-state index in [1.807, 2.05) is 45.9 Å². The number of hydrogen-bond acceptors (Lipinski definition) is 4. The summed E-state index contributed by atoms with van der Waals surface area (Å²) >= 11 is 1.29. The number of aryl methyl sites for hydroxylation is 1. The van der Waals surface area contributed by atoms with Gasteiger partial charge in [-0.2, -0.15) is 13.2 Å². The van der Waals surface area contributed by atoms with Gasteiger partial charge in [0.15, 0.2) is 0 Å². The highest BCUT2D eigenvalue weighted by Gasteiger charge is 2.31.